The molecule has 0 bridgehead atoms. The number of rotatable bonds is 3. The van der Waals surface area contributed by atoms with Gasteiger partial charge in [0.05, 0.1) is 5.71 Å². The Bertz CT molecular complexity index is 574. The van der Waals surface area contributed by atoms with Crippen LogP contribution in [0.3, 0.4) is 0 Å². The number of benzene rings is 1. The van der Waals surface area contributed by atoms with Crippen LogP contribution in [0.2, 0.25) is 0 Å². The number of carbonyl (C=O) groups excluding carboxylic acids is 2. The molecular formula is C15H19N3O2. The summed E-state index contributed by atoms with van der Waals surface area (Å²) in [5, 5.41) is 6.58. The predicted octanol–water partition coefficient (Wildman–Crippen LogP) is 1.42. The summed E-state index contributed by atoms with van der Waals surface area (Å²) in [5.41, 5.74) is 6.24. The second kappa shape index (κ2) is 5.86. The van der Waals surface area contributed by atoms with Gasteiger partial charge in [-0.15, -0.1) is 0 Å². The second-order valence-electron chi connectivity index (χ2n) is 5.18. The lowest BCUT2D eigenvalue weighted by Crippen LogP contribution is -2.39. The summed E-state index contributed by atoms with van der Waals surface area (Å²) in [5.74, 6) is -1.34. The second-order valence-corrected chi connectivity index (χ2v) is 5.18. The van der Waals surface area contributed by atoms with E-state index >= 15 is 0 Å². The summed E-state index contributed by atoms with van der Waals surface area (Å²) in [4.78, 5) is 23.0. The molecule has 0 aromatic heterocycles. The van der Waals surface area contributed by atoms with Gasteiger partial charge < -0.3 is 5.32 Å². The first-order chi connectivity index (χ1) is 9.47. The lowest BCUT2D eigenvalue weighted by atomic mass is 10.0. The zero-order valence-corrected chi connectivity index (χ0v) is 12.0. The van der Waals surface area contributed by atoms with Gasteiger partial charge in [-0.3, -0.25) is 9.59 Å². The molecule has 0 unspecified atom stereocenters. The molecule has 0 saturated heterocycles. The number of hydrogen-bond acceptors (Lipinski definition) is 3. The van der Waals surface area contributed by atoms with Crippen molar-refractivity contribution in [2.75, 3.05) is 0 Å². The highest BCUT2D eigenvalue weighted by molar-refractivity contribution is 6.35. The van der Waals surface area contributed by atoms with Crippen molar-refractivity contribution in [2.24, 2.45) is 5.10 Å². The van der Waals surface area contributed by atoms with Gasteiger partial charge in [0.15, 0.2) is 0 Å². The van der Waals surface area contributed by atoms with Crippen molar-refractivity contribution in [3.8, 4) is 0 Å². The molecule has 1 aliphatic carbocycles. The van der Waals surface area contributed by atoms with Crippen molar-refractivity contribution < 1.29 is 9.59 Å². The number of nitrogens with zero attached hydrogens (tertiary/aromatic N) is 1. The molecule has 1 saturated carbocycles. The molecule has 0 radical (unpaired) electrons. The highest BCUT2D eigenvalue weighted by Crippen LogP contribution is 2.18. The van der Waals surface area contributed by atoms with E-state index in [0.717, 1.165) is 24.0 Å². The Hall–Kier alpha value is -2.17. The zero-order chi connectivity index (χ0) is 14.7. The molecule has 0 atom stereocenters. The minimum absolute atomic E-state index is 0.165. The van der Waals surface area contributed by atoms with Crippen LogP contribution in [0.1, 0.15) is 36.5 Å². The van der Waals surface area contributed by atoms with E-state index in [1.807, 2.05) is 32.0 Å². The highest BCUT2D eigenvalue weighted by Gasteiger charge is 2.26. The fourth-order valence-electron chi connectivity index (χ4n) is 1.70. The van der Waals surface area contributed by atoms with Crippen LogP contribution in [0.5, 0.6) is 0 Å². The maximum absolute atomic E-state index is 11.5. The van der Waals surface area contributed by atoms with Gasteiger partial charge in [-0.25, -0.2) is 5.43 Å². The van der Waals surface area contributed by atoms with Crippen LogP contribution >= 0.6 is 0 Å². The molecule has 1 aromatic carbocycles. The van der Waals surface area contributed by atoms with E-state index in [1.165, 1.54) is 5.56 Å². The number of nitrogens with one attached hydrogen (secondary N) is 2. The Balaban J connectivity index is 1.96. The van der Waals surface area contributed by atoms with Gasteiger partial charge in [0, 0.05) is 6.04 Å². The summed E-state index contributed by atoms with van der Waals surface area (Å²) in [6.45, 7) is 5.85. The summed E-state index contributed by atoms with van der Waals surface area (Å²) >= 11 is 0. The Kier molecular flexibility index (Phi) is 4.17. The maximum atomic E-state index is 11.5. The van der Waals surface area contributed by atoms with Crippen molar-refractivity contribution in [1.29, 1.82) is 0 Å². The minimum Gasteiger partial charge on any atom is -0.345 e. The fourth-order valence-corrected chi connectivity index (χ4v) is 1.70. The average molecular weight is 273 g/mol. The van der Waals surface area contributed by atoms with Crippen LogP contribution in [0.4, 0.5) is 0 Å². The SMILES string of the molecule is CC(=NNC(=O)C(=O)NC1CC1)c1ccc(C)c(C)c1. The molecular weight excluding hydrogens is 254 g/mol. The lowest BCUT2D eigenvalue weighted by molar-refractivity contribution is -0.139. The molecule has 5 nitrogen and oxygen atoms in total. The van der Waals surface area contributed by atoms with Crippen LogP contribution in [-0.4, -0.2) is 23.6 Å². The summed E-state index contributed by atoms with van der Waals surface area (Å²) < 4.78 is 0. The topological polar surface area (TPSA) is 70.6 Å². The van der Waals surface area contributed by atoms with Crippen molar-refractivity contribution >= 4 is 17.5 Å². The van der Waals surface area contributed by atoms with E-state index in [0.29, 0.717) is 5.71 Å². The van der Waals surface area contributed by atoms with E-state index in [2.05, 4.69) is 15.8 Å². The van der Waals surface area contributed by atoms with Crippen LogP contribution < -0.4 is 10.7 Å². The number of hydrogen-bond donors (Lipinski definition) is 2. The number of aryl methyl sites for hydroxylation is 2. The van der Waals surface area contributed by atoms with Gasteiger partial charge in [-0.1, -0.05) is 12.1 Å². The average Bonchev–Trinajstić information content (AvgIpc) is 3.22. The van der Waals surface area contributed by atoms with E-state index in [1.54, 1.807) is 6.92 Å². The number of carbonyl (C=O) groups is 2. The summed E-state index contributed by atoms with van der Waals surface area (Å²) in [6.07, 6.45) is 1.90. The van der Waals surface area contributed by atoms with Crippen molar-refractivity contribution in [1.82, 2.24) is 10.7 Å². The zero-order valence-electron chi connectivity index (χ0n) is 12.0. The summed E-state index contributed by atoms with van der Waals surface area (Å²) in [7, 11) is 0. The van der Waals surface area contributed by atoms with Gasteiger partial charge in [0.2, 0.25) is 0 Å². The van der Waals surface area contributed by atoms with Gasteiger partial charge in [0.25, 0.3) is 0 Å². The van der Waals surface area contributed by atoms with Gasteiger partial charge in [0.1, 0.15) is 0 Å². The molecule has 5 heteroatoms. The van der Waals surface area contributed by atoms with E-state index in [9.17, 15) is 9.59 Å². The third kappa shape index (κ3) is 3.66. The Labute approximate surface area is 118 Å². The van der Waals surface area contributed by atoms with E-state index in [4.69, 9.17) is 0 Å². The third-order valence-electron chi connectivity index (χ3n) is 3.37. The lowest BCUT2D eigenvalue weighted by Gasteiger charge is -2.06. The molecule has 1 aliphatic rings. The first-order valence-electron chi connectivity index (χ1n) is 6.70. The molecule has 2 rings (SSSR count). The normalized spacial score (nSPS) is 14.8. The highest BCUT2D eigenvalue weighted by atomic mass is 16.2. The number of hydrazone groups is 1. The largest absolute Gasteiger partial charge is 0.345 e. The van der Waals surface area contributed by atoms with Gasteiger partial charge >= 0.3 is 11.8 Å². The molecule has 0 heterocycles. The Morgan fingerprint density at radius 2 is 1.85 bits per heavy atom. The molecule has 1 fully saturated rings. The standard InChI is InChI=1S/C15H19N3O2/c1-9-4-5-12(8-10(9)2)11(3)17-18-15(20)14(19)16-13-6-7-13/h4-5,8,13H,6-7H2,1-3H3,(H,16,19)(H,18,20). The van der Waals surface area contributed by atoms with Crippen LogP contribution in [0.25, 0.3) is 0 Å². The molecule has 0 spiro atoms. The monoisotopic (exact) mass is 273 g/mol. The van der Waals surface area contributed by atoms with Crippen molar-refractivity contribution in [2.45, 2.75) is 39.7 Å². The predicted molar refractivity (Wildman–Crippen MR) is 77.4 cm³/mol. The van der Waals surface area contributed by atoms with Gasteiger partial charge in [-0.2, -0.15) is 5.10 Å². The van der Waals surface area contributed by atoms with E-state index < -0.39 is 11.8 Å². The molecule has 2 N–H and O–H groups in total. The van der Waals surface area contributed by atoms with Crippen LogP contribution in [-0.2, 0) is 9.59 Å². The van der Waals surface area contributed by atoms with E-state index in [-0.39, 0.29) is 6.04 Å². The first kappa shape index (κ1) is 14.2. The Morgan fingerprint density at radius 3 is 2.45 bits per heavy atom. The van der Waals surface area contributed by atoms with Crippen molar-refractivity contribution in [3.05, 3.63) is 34.9 Å². The fraction of sp³-hybridized carbons (Fsp3) is 0.400. The third-order valence-corrected chi connectivity index (χ3v) is 3.37. The van der Waals surface area contributed by atoms with Crippen LogP contribution in [0.15, 0.2) is 23.3 Å². The van der Waals surface area contributed by atoms with Crippen LogP contribution in [0, 0.1) is 13.8 Å². The van der Waals surface area contributed by atoms with Gasteiger partial charge in [-0.05, 0) is 56.4 Å². The first-order valence-corrected chi connectivity index (χ1v) is 6.70. The molecule has 2 amide bonds. The summed E-state index contributed by atoms with van der Waals surface area (Å²) in [6, 6.07) is 6.12. The molecule has 20 heavy (non-hydrogen) atoms. The Morgan fingerprint density at radius 1 is 1.15 bits per heavy atom. The molecule has 0 aliphatic heterocycles. The quantitative estimate of drug-likeness (QED) is 0.497. The molecule has 1 aromatic rings. The smallest absolute Gasteiger partial charge is 0.329 e. The maximum Gasteiger partial charge on any atom is 0.329 e. The van der Waals surface area contributed by atoms with Crippen molar-refractivity contribution in [3.63, 3.8) is 0 Å². The minimum atomic E-state index is -0.722. The molecule has 106 valence electrons. The number of amides is 2.